The van der Waals surface area contributed by atoms with Crippen molar-refractivity contribution < 1.29 is 0 Å². The number of halogens is 1. The molecule has 1 N–H and O–H groups in total. The molecule has 0 spiro atoms. The van der Waals surface area contributed by atoms with Crippen molar-refractivity contribution in [2.24, 2.45) is 0 Å². The Kier molecular flexibility index (Phi) is 5.14. The van der Waals surface area contributed by atoms with Gasteiger partial charge in [0.25, 0.3) is 0 Å². The summed E-state index contributed by atoms with van der Waals surface area (Å²) in [5, 5.41) is 6.65. The molecule has 4 nitrogen and oxygen atoms in total. The predicted octanol–water partition coefficient (Wildman–Crippen LogP) is 5.84. The number of aromatic nitrogens is 3. The smallest absolute Gasteiger partial charge is 0.224 e. The summed E-state index contributed by atoms with van der Waals surface area (Å²) >= 11 is 7.56. The molecular weight excluding hydrogens is 376 g/mol. The molecule has 0 aliphatic rings. The maximum absolute atomic E-state index is 5.90. The zero-order chi connectivity index (χ0) is 18.6. The molecule has 6 heteroatoms. The number of anilines is 1. The molecule has 0 bridgehead atoms. The number of nitrogens with one attached hydrogen (secondary N) is 1. The van der Waals surface area contributed by atoms with Crippen molar-refractivity contribution in [1.82, 2.24) is 15.0 Å². The Morgan fingerprint density at radius 2 is 1.70 bits per heavy atom. The minimum atomic E-state index is 0.255. The molecule has 2 aromatic heterocycles. The highest BCUT2D eigenvalue weighted by atomic mass is 35.5. The average Bonchev–Trinajstić information content (AvgIpc) is 3.17. The molecular formula is C21H17ClN4S. The summed E-state index contributed by atoms with van der Waals surface area (Å²) in [5.74, 6) is 0.726. The predicted molar refractivity (Wildman–Crippen MR) is 112 cm³/mol. The van der Waals surface area contributed by atoms with Crippen LogP contribution < -0.4 is 5.32 Å². The number of rotatable bonds is 5. The van der Waals surface area contributed by atoms with Crippen molar-refractivity contribution in [3.63, 3.8) is 0 Å². The van der Waals surface area contributed by atoms with Crippen LogP contribution >= 0.6 is 22.9 Å². The van der Waals surface area contributed by atoms with Crippen LogP contribution in [0.3, 0.4) is 0 Å². The van der Waals surface area contributed by atoms with E-state index in [-0.39, 0.29) is 5.28 Å². The van der Waals surface area contributed by atoms with E-state index in [0.717, 1.165) is 38.9 Å². The van der Waals surface area contributed by atoms with E-state index < -0.39 is 0 Å². The summed E-state index contributed by atoms with van der Waals surface area (Å²) in [6, 6.07) is 20.5. The first-order valence-electron chi connectivity index (χ1n) is 8.53. The highest BCUT2D eigenvalue weighted by Crippen LogP contribution is 2.29. The highest BCUT2D eigenvalue weighted by Gasteiger charge is 2.07. The van der Waals surface area contributed by atoms with Crippen LogP contribution in [-0.4, -0.2) is 15.0 Å². The van der Waals surface area contributed by atoms with Gasteiger partial charge in [0.05, 0.1) is 5.69 Å². The van der Waals surface area contributed by atoms with Gasteiger partial charge in [0.2, 0.25) is 5.28 Å². The second-order valence-corrected chi connectivity index (χ2v) is 7.31. The largest absolute Gasteiger partial charge is 0.366 e. The fourth-order valence-electron chi connectivity index (χ4n) is 2.73. The normalized spacial score (nSPS) is 10.7. The van der Waals surface area contributed by atoms with Crippen molar-refractivity contribution in [3.05, 3.63) is 82.6 Å². The number of thiazole rings is 1. The third-order valence-corrected chi connectivity index (χ3v) is 5.14. The lowest BCUT2D eigenvalue weighted by molar-refractivity contribution is 1.05. The molecule has 0 amide bonds. The zero-order valence-corrected chi connectivity index (χ0v) is 16.3. The standard InChI is InChI=1S/C21H17ClN4S/c1-14-11-19(26-21(22)24-14)23-12-15-7-9-17(10-8-15)20-25-18(13-27-20)16-5-3-2-4-6-16/h2-11,13H,12H2,1H3,(H,23,24,26). The molecule has 4 rings (SSSR count). The van der Waals surface area contributed by atoms with Crippen LogP contribution in [0, 0.1) is 6.92 Å². The van der Waals surface area contributed by atoms with Gasteiger partial charge in [-0.3, -0.25) is 0 Å². The third kappa shape index (κ3) is 4.32. The van der Waals surface area contributed by atoms with E-state index in [1.807, 2.05) is 31.2 Å². The Hall–Kier alpha value is -2.76. The molecule has 0 aliphatic heterocycles. The summed E-state index contributed by atoms with van der Waals surface area (Å²) in [7, 11) is 0. The topological polar surface area (TPSA) is 50.7 Å². The van der Waals surface area contributed by atoms with Gasteiger partial charge < -0.3 is 5.32 Å². The molecule has 2 aromatic carbocycles. The lowest BCUT2D eigenvalue weighted by Gasteiger charge is -2.07. The van der Waals surface area contributed by atoms with Gasteiger partial charge in [-0.05, 0) is 24.1 Å². The van der Waals surface area contributed by atoms with Gasteiger partial charge in [0, 0.05) is 34.8 Å². The molecule has 0 aliphatic carbocycles. The van der Waals surface area contributed by atoms with Crippen molar-refractivity contribution >= 4 is 28.8 Å². The van der Waals surface area contributed by atoms with E-state index in [2.05, 4.69) is 57.1 Å². The van der Waals surface area contributed by atoms with Crippen molar-refractivity contribution in [3.8, 4) is 21.8 Å². The van der Waals surface area contributed by atoms with E-state index in [0.29, 0.717) is 6.54 Å². The van der Waals surface area contributed by atoms with Gasteiger partial charge in [0.15, 0.2) is 0 Å². The van der Waals surface area contributed by atoms with E-state index in [1.165, 1.54) is 0 Å². The zero-order valence-electron chi connectivity index (χ0n) is 14.7. The second kappa shape index (κ2) is 7.86. The van der Waals surface area contributed by atoms with Crippen LogP contribution in [0.2, 0.25) is 5.28 Å². The van der Waals surface area contributed by atoms with Crippen LogP contribution in [0.1, 0.15) is 11.3 Å². The van der Waals surface area contributed by atoms with Crippen molar-refractivity contribution in [2.45, 2.75) is 13.5 Å². The van der Waals surface area contributed by atoms with Crippen LogP contribution in [0.4, 0.5) is 5.82 Å². The molecule has 2 heterocycles. The summed E-state index contributed by atoms with van der Waals surface area (Å²) in [6.07, 6.45) is 0. The minimum Gasteiger partial charge on any atom is -0.366 e. The third-order valence-electron chi connectivity index (χ3n) is 4.08. The van der Waals surface area contributed by atoms with Crippen molar-refractivity contribution in [2.75, 3.05) is 5.32 Å². The summed E-state index contributed by atoms with van der Waals surface area (Å²) < 4.78 is 0. The minimum absolute atomic E-state index is 0.255. The van der Waals surface area contributed by atoms with E-state index in [9.17, 15) is 0 Å². The molecule has 0 radical (unpaired) electrons. The van der Waals surface area contributed by atoms with E-state index in [1.54, 1.807) is 11.3 Å². The Bertz CT molecular complexity index is 1030. The Balaban J connectivity index is 1.45. The highest BCUT2D eigenvalue weighted by molar-refractivity contribution is 7.13. The average molecular weight is 393 g/mol. The first-order valence-corrected chi connectivity index (χ1v) is 9.78. The van der Waals surface area contributed by atoms with Crippen LogP contribution in [-0.2, 0) is 6.54 Å². The van der Waals surface area contributed by atoms with Crippen molar-refractivity contribution in [1.29, 1.82) is 0 Å². The molecule has 0 atom stereocenters. The second-order valence-electron chi connectivity index (χ2n) is 6.12. The number of hydrogen-bond donors (Lipinski definition) is 1. The first-order chi connectivity index (χ1) is 13.2. The number of nitrogens with zero attached hydrogens (tertiary/aromatic N) is 3. The van der Waals surface area contributed by atoms with Gasteiger partial charge in [-0.15, -0.1) is 11.3 Å². The molecule has 0 saturated heterocycles. The summed E-state index contributed by atoms with van der Waals surface area (Å²) in [4.78, 5) is 13.0. The van der Waals surface area contributed by atoms with Gasteiger partial charge in [-0.2, -0.15) is 0 Å². The van der Waals surface area contributed by atoms with Crippen LogP contribution in [0.5, 0.6) is 0 Å². The maximum atomic E-state index is 5.90. The lowest BCUT2D eigenvalue weighted by atomic mass is 10.1. The molecule has 4 aromatic rings. The number of hydrogen-bond acceptors (Lipinski definition) is 5. The maximum Gasteiger partial charge on any atom is 0.224 e. The Morgan fingerprint density at radius 3 is 2.44 bits per heavy atom. The number of aryl methyl sites for hydroxylation is 1. The molecule has 0 fully saturated rings. The van der Waals surface area contributed by atoms with Gasteiger partial charge in [0.1, 0.15) is 10.8 Å². The Morgan fingerprint density at radius 1 is 0.926 bits per heavy atom. The van der Waals surface area contributed by atoms with Gasteiger partial charge in [-0.1, -0.05) is 54.6 Å². The SMILES string of the molecule is Cc1cc(NCc2ccc(-c3nc(-c4ccccc4)cs3)cc2)nc(Cl)n1. The van der Waals surface area contributed by atoms with Crippen LogP contribution in [0.25, 0.3) is 21.8 Å². The first kappa shape index (κ1) is 17.6. The fraction of sp³-hybridized carbons (Fsp3) is 0.0952. The fourth-order valence-corrected chi connectivity index (χ4v) is 3.79. The van der Waals surface area contributed by atoms with Crippen LogP contribution in [0.15, 0.2) is 66.0 Å². The molecule has 0 saturated carbocycles. The van der Waals surface area contributed by atoms with E-state index >= 15 is 0 Å². The molecule has 27 heavy (non-hydrogen) atoms. The van der Waals surface area contributed by atoms with E-state index in [4.69, 9.17) is 16.6 Å². The van der Waals surface area contributed by atoms with Gasteiger partial charge in [-0.25, -0.2) is 15.0 Å². The number of benzene rings is 2. The van der Waals surface area contributed by atoms with Gasteiger partial charge >= 0.3 is 0 Å². The lowest BCUT2D eigenvalue weighted by Crippen LogP contribution is -2.02. The monoisotopic (exact) mass is 392 g/mol. The molecule has 0 unspecified atom stereocenters. The Labute approximate surface area is 166 Å². The summed E-state index contributed by atoms with van der Waals surface area (Å²) in [5.41, 5.74) is 5.26. The quantitative estimate of drug-likeness (QED) is 0.433. The summed E-state index contributed by atoms with van der Waals surface area (Å²) in [6.45, 7) is 2.56. The molecule has 134 valence electrons.